The van der Waals surface area contributed by atoms with Crippen molar-refractivity contribution in [3.8, 4) is 11.8 Å². The van der Waals surface area contributed by atoms with Crippen molar-refractivity contribution < 1.29 is 4.74 Å². The molecule has 0 unspecified atom stereocenters. The van der Waals surface area contributed by atoms with E-state index in [1.54, 1.807) is 36.4 Å². The van der Waals surface area contributed by atoms with Gasteiger partial charge in [0, 0.05) is 26.5 Å². The van der Waals surface area contributed by atoms with Gasteiger partial charge in [-0.1, -0.05) is 59.6 Å². The van der Waals surface area contributed by atoms with E-state index in [0.29, 0.717) is 43.1 Å². The Kier molecular flexibility index (Phi) is 7.70. The molecule has 0 saturated carbocycles. The molecule has 0 aliphatic rings. The largest absolute Gasteiger partial charge is 0.487 e. The standard InChI is InChI=1S/C26H19Br2ClN4O2/c1-15(2)25-32-23-8-7-19(27)10-21(23)26(34)33(25)31-13-18-9-20(29)11-22(28)24(18)35-14-17-6-4-3-5-16(17)12-30/h3-11,13,15H,14H2,1-2H3. The molecular weight excluding hydrogens is 596 g/mol. The summed E-state index contributed by atoms with van der Waals surface area (Å²) >= 11 is 13.2. The van der Waals surface area contributed by atoms with Crippen LogP contribution in [-0.2, 0) is 6.61 Å². The van der Waals surface area contributed by atoms with Crippen molar-refractivity contribution in [2.45, 2.75) is 26.4 Å². The van der Waals surface area contributed by atoms with Gasteiger partial charge < -0.3 is 4.74 Å². The van der Waals surface area contributed by atoms with Crippen LogP contribution in [0, 0.1) is 11.3 Å². The zero-order valence-electron chi connectivity index (χ0n) is 18.8. The summed E-state index contributed by atoms with van der Waals surface area (Å²) in [4.78, 5) is 18.0. The van der Waals surface area contributed by atoms with Gasteiger partial charge in [0.15, 0.2) is 0 Å². The van der Waals surface area contributed by atoms with Crippen LogP contribution in [0.1, 0.15) is 42.3 Å². The SMILES string of the molecule is CC(C)c1nc2ccc(Br)cc2c(=O)n1N=Cc1cc(Cl)cc(Br)c1OCc1ccccc1C#N. The monoisotopic (exact) mass is 612 g/mol. The Morgan fingerprint density at radius 3 is 2.71 bits per heavy atom. The third kappa shape index (κ3) is 5.48. The predicted molar refractivity (Wildman–Crippen MR) is 145 cm³/mol. The lowest BCUT2D eigenvalue weighted by atomic mass is 10.1. The molecule has 0 amide bonds. The van der Waals surface area contributed by atoms with Crippen LogP contribution in [0.4, 0.5) is 0 Å². The molecule has 4 aromatic rings. The molecule has 176 valence electrons. The molecule has 0 spiro atoms. The number of ether oxygens (including phenoxy) is 1. The van der Waals surface area contributed by atoms with Crippen LogP contribution in [-0.4, -0.2) is 15.9 Å². The number of aromatic nitrogens is 2. The molecule has 0 radical (unpaired) electrons. The van der Waals surface area contributed by atoms with E-state index in [2.05, 4.69) is 48.0 Å². The maximum absolute atomic E-state index is 13.3. The first-order valence-corrected chi connectivity index (χ1v) is 12.6. The van der Waals surface area contributed by atoms with Crippen LogP contribution in [0.25, 0.3) is 10.9 Å². The van der Waals surface area contributed by atoms with Gasteiger partial charge in [-0.25, -0.2) is 4.98 Å². The molecule has 6 nitrogen and oxygen atoms in total. The van der Waals surface area contributed by atoms with Crippen LogP contribution in [0.3, 0.4) is 0 Å². The Morgan fingerprint density at radius 1 is 1.20 bits per heavy atom. The zero-order chi connectivity index (χ0) is 25.1. The molecule has 0 bridgehead atoms. The number of nitrogens with zero attached hydrogens (tertiary/aromatic N) is 4. The van der Waals surface area contributed by atoms with Crippen LogP contribution in [0.5, 0.6) is 5.75 Å². The molecule has 0 N–H and O–H groups in total. The molecule has 35 heavy (non-hydrogen) atoms. The number of benzene rings is 3. The number of fused-ring (bicyclic) bond motifs is 1. The molecule has 0 atom stereocenters. The molecule has 0 saturated heterocycles. The number of nitriles is 1. The van der Waals surface area contributed by atoms with E-state index in [4.69, 9.17) is 16.3 Å². The first-order chi connectivity index (χ1) is 16.8. The summed E-state index contributed by atoms with van der Waals surface area (Å²) in [5.41, 5.74) is 2.19. The fourth-order valence-corrected chi connectivity index (χ4v) is 4.81. The lowest BCUT2D eigenvalue weighted by Crippen LogP contribution is -2.23. The number of hydrogen-bond donors (Lipinski definition) is 0. The van der Waals surface area contributed by atoms with Gasteiger partial charge in [-0.15, -0.1) is 0 Å². The van der Waals surface area contributed by atoms with Crippen LogP contribution < -0.4 is 10.3 Å². The summed E-state index contributed by atoms with van der Waals surface area (Å²) < 4.78 is 8.79. The highest BCUT2D eigenvalue weighted by Crippen LogP contribution is 2.33. The van der Waals surface area contributed by atoms with E-state index in [1.807, 2.05) is 32.0 Å². The normalized spacial score (nSPS) is 11.3. The van der Waals surface area contributed by atoms with Gasteiger partial charge in [0.2, 0.25) is 0 Å². The molecular formula is C26H19Br2ClN4O2. The van der Waals surface area contributed by atoms with Crippen molar-refractivity contribution >= 4 is 60.6 Å². The average Bonchev–Trinajstić information content (AvgIpc) is 2.83. The van der Waals surface area contributed by atoms with Crippen molar-refractivity contribution in [1.29, 1.82) is 5.26 Å². The van der Waals surface area contributed by atoms with Crippen molar-refractivity contribution in [2.75, 3.05) is 0 Å². The minimum Gasteiger partial charge on any atom is -0.487 e. The van der Waals surface area contributed by atoms with Gasteiger partial charge in [0.05, 0.1) is 33.2 Å². The van der Waals surface area contributed by atoms with Gasteiger partial charge in [-0.3, -0.25) is 4.79 Å². The van der Waals surface area contributed by atoms with Crippen molar-refractivity contribution in [3.05, 3.63) is 101 Å². The van der Waals surface area contributed by atoms with E-state index in [-0.39, 0.29) is 18.1 Å². The molecule has 9 heteroatoms. The van der Waals surface area contributed by atoms with Gasteiger partial charge in [0.1, 0.15) is 18.2 Å². The second kappa shape index (κ2) is 10.7. The summed E-state index contributed by atoms with van der Waals surface area (Å²) in [5.74, 6) is 0.978. The fourth-order valence-electron chi connectivity index (χ4n) is 3.50. The van der Waals surface area contributed by atoms with Gasteiger partial charge in [-0.2, -0.15) is 15.0 Å². The third-order valence-electron chi connectivity index (χ3n) is 5.21. The van der Waals surface area contributed by atoms with Gasteiger partial charge in [0.25, 0.3) is 5.56 Å². The Balaban J connectivity index is 1.78. The minimum absolute atomic E-state index is 0.0443. The fraction of sp³-hybridized carbons (Fsp3) is 0.154. The highest BCUT2D eigenvalue weighted by molar-refractivity contribution is 9.10. The second-order valence-corrected chi connectivity index (χ2v) is 10.2. The Morgan fingerprint density at radius 2 is 1.97 bits per heavy atom. The van der Waals surface area contributed by atoms with E-state index in [1.165, 1.54) is 10.9 Å². The summed E-state index contributed by atoms with van der Waals surface area (Å²) in [5, 5.41) is 14.8. The number of hydrogen-bond acceptors (Lipinski definition) is 5. The van der Waals surface area contributed by atoms with Crippen LogP contribution >= 0.6 is 43.5 Å². The number of halogens is 3. The topological polar surface area (TPSA) is 80.3 Å². The maximum Gasteiger partial charge on any atom is 0.282 e. The highest BCUT2D eigenvalue weighted by atomic mass is 79.9. The predicted octanol–water partition coefficient (Wildman–Crippen LogP) is 7.03. The minimum atomic E-state index is -0.275. The Hall–Kier alpha value is -2.99. The molecule has 1 heterocycles. The van der Waals surface area contributed by atoms with Crippen molar-refractivity contribution in [3.63, 3.8) is 0 Å². The van der Waals surface area contributed by atoms with Crippen LogP contribution in [0.15, 0.2) is 73.4 Å². The van der Waals surface area contributed by atoms with Crippen molar-refractivity contribution in [2.24, 2.45) is 5.10 Å². The lowest BCUT2D eigenvalue weighted by Gasteiger charge is -2.14. The zero-order valence-corrected chi connectivity index (χ0v) is 22.7. The van der Waals surface area contributed by atoms with E-state index < -0.39 is 0 Å². The van der Waals surface area contributed by atoms with E-state index in [9.17, 15) is 10.1 Å². The first-order valence-electron chi connectivity index (χ1n) is 10.6. The molecule has 1 aromatic heterocycles. The molecule has 0 fully saturated rings. The van der Waals surface area contributed by atoms with Crippen molar-refractivity contribution in [1.82, 2.24) is 9.66 Å². The molecule has 3 aromatic carbocycles. The van der Waals surface area contributed by atoms with E-state index >= 15 is 0 Å². The quantitative estimate of drug-likeness (QED) is 0.219. The molecule has 0 aliphatic heterocycles. The third-order valence-corrected chi connectivity index (χ3v) is 6.51. The summed E-state index contributed by atoms with van der Waals surface area (Å²) in [7, 11) is 0. The highest BCUT2D eigenvalue weighted by Gasteiger charge is 2.15. The maximum atomic E-state index is 13.3. The first kappa shape index (κ1) is 25.1. The van der Waals surface area contributed by atoms with Gasteiger partial charge >= 0.3 is 0 Å². The summed E-state index contributed by atoms with van der Waals surface area (Å²) in [6, 6.07) is 18.2. The molecule has 0 aliphatic carbocycles. The average molecular weight is 615 g/mol. The van der Waals surface area contributed by atoms with E-state index in [0.717, 1.165) is 10.0 Å². The van der Waals surface area contributed by atoms with Crippen LogP contribution in [0.2, 0.25) is 5.02 Å². The summed E-state index contributed by atoms with van der Waals surface area (Å²) in [6.07, 6.45) is 1.53. The molecule has 4 rings (SSSR count). The Labute approximate surface area is 224 Å². The summed E-state index contributed by atoms with van der Waals surface area (Å²) in [6.45, 7) is 4.08. The lowest BCUT2D eigenvalue weighted by molar-refractivity contribution is 0.303. The number of rotatable bonds is 6. The Bertz CT molecular complexity index is 1560. The smallest absolute Gasteiger partial charge is 0.282 e. The van der Waals surface area contributed by atoms with Gasteiger partial charge in [-0.05, 0) is 52.3 Å². The second-order valence-electron chi connectivity index (χ2n) is 8.01.